The summed E-state index contributed by atoms with van der Waals surface area (Å²) in [6.07, 6.45) is 0.797. The highest BCUT2D eigenvalue weighted by Crippen LogP contribution is 2.32. The molecule has 0 radical (unpaired) electrons. The molecule has 2 aromatic heterocycles. The Balaban J connectivity index is 2.24. The molecule has 2 nitrogen and oxygen atoms in total. The Morgan fingerprint density at radius 3 is 2.79 bits per heavy atom. The van der Waals surface area contributed by atoms with E-state index < -0.39 is 0 Å². The number of halogens is 2. The molecule has 14 heavy (non-hydrogen) atoms. The van der Waals surface area contributed by atoms with Gasteiger partial charge in [0.25, 0.3) is 0 Å². The standard InChI is InChI=1S/C8H6BrClN2S2/c9-6-2-1-5(13-6)8-12-11-7(14-8)3-4-10/h1-2H,3-4H2. The van der Waals surface area contributed by atoms with E-state index in [4.69, 9.17) is 11.6 Å². The monoisotopic (exact) mass is 308 g/mol. The highest BCUT2D eigenvalue weighted by molar-refractivity contribution is 9.11. The lowest BCUT2D eigenvalue weighted by Gasteiger charge is -1.85. The van der Waals surface area contributed by atoms with Crippen LogP contribution in [0.1, 0.15) is 5.01 Å². The van der Waals surface area contributed by atoms with Crippen molar-refractivity contribution in [2.45, 2.75) is 6.42 Å². The summed E-state index contributed by atoms with van der Waals surface area (Å²) in [7, 11) is 0. The molecule has 0 saturated heterocycles. The molecule has 0 bridgehead atoms. The van der Waals surface area contributed by atoms with Gasteiger partial charge in [-0.15, -0.1) is 33.1 Å². The lowest BCUT2D eigenvalue weighted by molar-refractivity contribution is 0.991. The van der Waals surface area contributed by atoms with Crippen LogP contribution in [0.3, 0.4) is 0 Å². The largest absolute Gasteiger partial charge is 0.157 e. The molecule has 6 heteroatoms. The molecular weight excluding hydrogens is 304 g/mol. The zero-order valence-corrected chi connectivity index (χ0v) is 11.0. The first-order chi connectivity index (χ1) is 6.79. The van der Waals surface area contributed by atoms with Crippen LogP contribution in [0.25, 0.3) is 9.88 Å². The van der Waals surface area contributed by atoms with Crippen LogP contribution in [0.5, 0.6) is 0 Å². The maximum atomic E-state index is 5.63. The molecular formula is C8H6BrClN2S2. The Morgan fingerprint density at radius 1 is 1.29 bits per heavy atom. The molecule has 2 aromatic rings. The summed E-state index contributed by atoms with van der Waals surface area (Å²) in [4.78, 5) is 1.15. The lowest BCUT2D eigenvalue weighted by atomic mass is 10.5. The summed E-state index contributed by atoms with van der Waals surface area (Å²) in [5.74, 6) is 0.600. The molecule has 0 aliphatic heterocycles. The molecule has 0 fully saturated rings. The van der Waals surface area contributed by atoms with Gasteiger partial charge in [0.15, 0.2) is 5.01 Å². The van der Waals surface area contributed by atoms with E-state index in [1.165, 1.54) is 0 Å². The topological polar surface area (TPSA) is 25.8 Å². The van der Waals surface area contributed by atoms with Gasteiger partial charge in [0.05, 0.1) is 8.66 Å². The van der Waals surface area contributed by atoms with Gasteiger partial charge in [-0.3, -0.25) is 0 Å². The van der Waals surface area contributed by atoms with Crippen LogP contribution in [-0.2, 0) is 6.42 Å². The number of aryl methyl sites for hydroxylation is 1. The summed E-state index contributed by atoms with van der Waals surface area (Å²) < 4.78 is 1.11. The van der Waals surface area contributed by atoms with Crippen molar-refractivity contribution in [2.75, 3.05) is 5.88 Å². The summed E-state index contributed by atoms with van der Waals surface area (Å²) in [6.45, 7) is 0. The van der Waals surface area contributed by atoms with Crippen LogP contribution >= 0.6 is 50.2 Å². The van der Waals surface area contributed by atoms with Crippen LogP contribution in [0.2, 0.25) is 0 Å². The molecule has 74 valence electrons. The second kappa shape index (κ2) is 4.70. The Labute approximate surface area is 103 Å². The third kappa shape index (κ3) is 2.34. The second-order valence-electron chi connectivity index (χ2n) is 2.54. The number of thiophene rings is 1. The van der Waals surface area contributed by atoms with Gasteiger partial charge in [0.1, 0.15) is 5.01 Å². The van der Waals surface area contributed by atoms with Gasteiger partial charge in [-0.25, -0.2) is 0 Å². The molecule has 0 saturated carbocycles. The van der Waals surface area contributed by atoms with E-state index in [2.05, 4.69) is 26.1 Å². The lowest BCUT2D eigenvalue weighted by Crippen LogP contribution is -1.82. The van der Waals surface area contributed by atoms with Crippen molar-refractivity contribution in [3.05, 3.63) is 20.9 Å². The number of alkyl halides is 1. The third-order valence-corrected chi connectivity index (χ3v) is 4.52. The number of hydrogen-bond acceptors (Lipinski definition) is 4. The molecule has 0 N–H and O–H groups in total. The quantitative estimate of drug-likeness (QED) is 0.806. The van der Waals surface area contributed by atoms with Crippen LogP contribution in [-0.4, -0.2) is 16.1 Å². The predicted molar refractivity (Wildman–Crippen MR) is 65.3 cm³/mol. The number of hydrogen-bond donors (Lipinski definition) is 0. The first-order valence-electron chi connectivity index (χ1n) is 3.93. The van der Waals surface area contributed by atoms with Gasteiger partial charge in [-0.2, -0.15) is 0 Å². The average Bonchev–Trinajstić information content (AvgIpc) is 2.74. The summed E-state index contributed by atoms with van der Waals surface area (Å²) in [5.41, 5.74) is 0. The van der Waals surface area contributed by atoms with Crippen molar-refractivity contribution in [2.24, 2.45) is 0 Å². The minimum Gasteiger partial charge on any atom is -0.143 e. The molecule has 0 spiro atoms. The first-order valence-corrected chi connectivity index (χ1v) is 6.89. The first kappa shape index (κ1) is 10.5. The second-order valence-corrected chi connectivity index (χ2v) is 6.45. The molecule has 0 atom stereocenters. The van der Waals surface area contributed by atoms with Gasteiger partial charge >= 0.3 is 0 Å². The van der Waals surface area contributed by atoms with Gasteiger partial charge in [0, 0.05) is 12.3 Å². The Bertz CT molecular complexity index is 426. The fraction of sp³-hybridized carbons (Fsp3) is 0.250. The van der Waals surface area contributed by atoms with Crippen molar-refractivity contribution in [3.63, 3.8) is 0 Å². The van der Waals surface area contributed by atoms with Crippen LogP contribution in [0.4, 0.5) is 0 Å². The zero-order chi connectivity index (χ0) is 9.97. The van der Waals surface area contributed by atoms with Gasteiger partial charge in [-0.05, 0) is 28.1 Å². The van der Waals surface area contributed by atoms with E-state index in [1.54, 1.807) is 22.7 Å². The molecule has 2 rings (SSSR count). The van der Waals surface area contributed by atoms with E-state index in [0.717, 1.165) is 25.1 Å². The number of aromatic nitrogens is 2. The smallest absolute Gasteiger partial charge is 0.143 e. The van der Waals surface area contributed by atoms with Crippen molar-refractivity contribution < 1.29 is 0 Å². The Hall–Kier alpha value is 0.0300. The van der Waals surface area contributed by atoms with E-state index >= 15 is 0 Å². The van der Waals surface area contributed by atoms with Crippen LogP contribution in [0.15, 0.2) is 15.9 Å². The number of rotatable bonds is 3. The Morgan fingerprint density at radius 2 is 2.14 bits per heavy atom. The van der Waals surface area contributed by atoms with Crippen LogP contribution in [0, 0.1) is 0 Å². The summed E-state index contributed by atoms with van der Waals surface area (Å²) >= 11 is 12.3. The fourth-order valence-corrected chi connectivity index (χ4v) is 3.53. The van der Waals surface area contributed by atoms with Crippen molar-refractivity contribution in [1.82, 2.24) is 10.2 Å². The van der Waals surface area contributed by atoms with E-state index in [9.17, 15) is 0 Å². The highest BCUT2D eigenvalue weighted by Gasteiger charge is 2.07. The zero-order valence-electron chi connectivity index (χ0n) is 7.04. The normalized spacial score (nSPS) is 10.7. The number of nitrogens with zero attached hydrogens (tertiary/aromatic N) is 2. The maximum Gasteiger partial charge on any atom is 0.157 e. The van der Waals surface area contributed by atoms with E-state index in [0.29, 0.717) is 5.88 Å². The molecule has 0 amide bonds. The average molecular weight is 310 g/mol. The van der Waals surface area contributed by atoms with Gasteiger partial charge in [-0.1, -0.05) is 11.3 Å². The predicted octanol–water partition coefficient (Wildman–Crippen LogP) is 3.81. The maximum absolute atomic E-state index is 5.63. The molecule has 0 unspecified atom stereocenters. The van der Waals surface area contributed by atoms with E-state index in [1.807, 2.05) is 12.1 Å². The highest BCUT2D eigenvalue weighted by atomic mass is 79.9. The molecule has 0 aliphatic carbocycles. The fourth-order valence-electron chi connectivity index (χ4n) is 0.964. The molecule has 0 aromatic carbocycles. The van der Waals surface area contributed by atoms with Gasteiger partial charge < -0.3 is 0 Å². The Kier molecular flexibility index (Phi) is 3.54. The third-order valence-electron chi connectivity index (χ3n) is 1.56. The minimum atomic E-state index is 0.600. The minimum absolute atomic E-state index is 0.600. The van der Waals surface area contributed by atoms with E-state index in [-0.39, 0.29) is 0 Å². The van der Waals surface area contributed by atoms with Crippen LogP contribution < -0.4 is 0 Å². The van der Waals surface area contributed by atoms with Crippen molar-refractivity contribution in [3.8, 4) is 9.88 Å². The summed E-state index contributed by atoms with van der Waals surface area (Å²) in [6, 6.07) is 4.06. The van der Waals surface area contributed by atoms with Crippen molar-refractivity contribution >= 4 is 50.2 Å². The summed E-state index contributed by atoms with van der Waals surface area (Å²) in [5, 5.41) is 10.2. The van der Waals surface area contributed by atoms with Crippen molar-refractivity contribution in [1.29, 1.82) is 0 Å². The molecule has 2 heterocycles. The molecule has 0 aliphatic rings. The SMILES string of the molecule is ClCCc1nnc(-c2ccc(Br)s2)s1. The van der Waals surface area contributed by atoms with Gasteiger partial charge in [0.2, 0.25) is 0 Å².